The second kappa shape index (κ2) is 11.7. The third-order valence-corrected chi connectivity index (χ3v) is 12.4. The summed E-state index contributed by atoms with van der Waals surface area (Å²) in [4.78, 5) is 0. The van der Waals surface area contributed by atoms with Crippen LogP contribution in [0.1, 0.15) is 22.6 Å². The van der Waals surface area contributed by atoms with Crippen LogP contribution in [0.2, 0.25) is 0 Å². The van der Waals surface area contributed by atoms with Crippen LogP contribution in [0.25, 0.3) is 81.0 Å². The number of nitrogens with zero attached hydrogens (tertiary/aromatic N) is 1. The van der Waals surface area contributed by atoms with Gasteiger partial charge in [0.2, 0.25) is 0 Å². The van der Waals surface area contributed by atoms with Gasteiger partial charge in [-0.1, -0.05) is 140 Å². The number of hydrogen-bond acceptors (Lipinski definition) is 1. The van der Waals surface area contributed by atoms with Crippen molar-refractivity contribution < 1.29 is 0 Å². The number of para-hydroxylation sites is 2. The summed E-state index contributed by atoms with van der Waals surface area (Å²) in [6.45, 7) is 0. The van der Waals surface area contributed by atoms with Crippen molar-refractivity contribution in [1.29, 1.82) is 0 Å². The lowest BCUT2D eigenvalue weighted by atomic mass is 9.74. The molecule has 0 radical (unpaired) electrons. The maximum Gasteiger partial charge on any atom is 0.0541 e. The molecule has 0 amide bonds. The van der Waals surface area contributed by atoms with Crippen LogP contribution in [0.15, 0.2) is 182 Å². The van der Waals surface area contributed by atoms with Crippen molar-refractivity contribution in [2.75, 3.05) is 0 Å². The summed E-state index contributed by atoms with van der Waals surface area (Å²) in [5.74, 6) is 0.270. The van der Waals surface area contributed by atoms with E-state index < -0.39 is 0 Å². The zero-order valence-electron chi connectivity index (χ0n) is 28.5. The van der Waals surface area contributed by atoms with Crippen molar-refractivity contribution in [3.05, 3.63) is 199 Å². The fourth-order valence-corrected chi connectivity index (χ4v) is 10.1. The predicted octanol–water partition coefficient (Wildman–Crippen LogP) is 13.8. The molecule has 2 heteroatoms. The van der Waals surface area contributed by atoms with Crippen molar-refractivity contribution in [2.45, 2.75) is 12.3 Å². The summed E-state index contributed by atoms with van der Waals surface area (Å²) in [6.07, 6.45) is 0.970. The largest absolute Gasteiger partial charge is 0.309 e. The van der Waals surface area contributed by atoms with Crippen molar-refractivity contribution in [3.8, 4) is 39.1 Å². The number of hydrogen-bond donors (Lipinski definition) is 0. The first-order valence-electron chi connectivity index (χ1n) is 18.1. The molecular weight excluding hydrogens is 647 g/mol. The van der Waals surface area contributed by atoms with Crippen molar-refractivity contribution in [3.63, 3.8) is 0 Å². The molecule has 10 aromatic rings. The first kappa shape index (κ1) is 29.5. The molecule has 0 spiro atoms. The van der Waals surface area contributed by atoms with E-state index in [-0.39, 0.29) is 5.92 Å². The first-order chi connectivity index (χ1) is 25.8. The van der Waals surface area contributed by atoms with E-state index >= 15 is 0 Å². The standard InChI is InChI=1S/C50H33NS/c1-3-14-32(15-4-1)33-16-13-17-34(28-33)41-30-45-43(38-21-8-7-20-37(38)41)31-42(49-40-23-10-12-25-48(40)52-50(45)49)35-26-27-47-44(29-35)39-22-9-11-24-46(39)51(47)36-18-5-2-6-19-36/h1-29,31,41H,30H2. The topological polar surface area (TPSA) is 4.93 Å². The number of benzene rings is 8. The van der Waals surface area contributed by atoms with E-state index in [1.807, 2.05) is 11.3 Å². The Hall–Kier alpha value is -6.22. The van der Waals surface area contributed by atoms with E-state index in [4.69, 9.17) is 0 Å². The molecule has 0 N–H and O–H groups in total. The Bertz CT molecular complexity index is 2980. The molecule has 1 unspecified atom stereocenters. The van der Waals surface area contributed by atoms with E-state index in [9.17, 15) is 0 Å². The molecule has 1 nitrogen and oxygen atoms in total. The lowest BCUT2D eigenvalue weighted by Crippen LogP contribution is -2.13. The highest BCUT2D eigenvalue weighted by Crippen LogP contribution is 2.52. The minimum Gasteiger partial charge on any atom is -0.309 e. The maximum atomic E-state index is 2.52. The minimum atomic E-state index is 0.270. The van der Waals surface area contributed by atoms with Gasteiger partial charge in [-0.2, -0.15) is 0 Å². The second-order valence-corrected chi connectivity index (χ2v) is 15.1. The summed E-state index contributed by atoms with van der Waals surface area (Å²) in [5, 5.41) is 5.27. The molecule has 1 aliphatic rings. The van der Waals surface area contributed by atoms with Crippen LogP contribution in [0.4, 0.5) is 0 Å². The molecule has 0 aliphatic heterocycles. The van der Waals surface area contributed by atoms with Gasteiger partial charge in [-0.25, -0.2) is 0 Å². The quantitative estimate of drug-likeness (QED) is 0.174. The lowest BCUT2D eigenvalue weighted by Gasteiger charge is -2.30. The smallest absolute Gasteiger partial charge is 0.0541 e. The molecule has 8 aromatic carbocycles. The van der Waals surface area contributed by atoms with Crippen molar-refractivity contribution in [2.24, 2.45) is 0 Å². The molecule has 11 rings (SSSR count). The Balaban J connectivity index is 1.15. The maximum absolute atomic E-state index is 2.52. The molecule has 244 valence electrons. The highest BCUT2D eigenvalue weighted by atomic mass is 32.1. The van der Waals surface area contributed by atoms with Crippen molar-refractivity contribution >= 4 is 53.3 Å². The van der Waals surface area contributed by atoms with Gasteiger partial charge in [0.1, 0.15) is 0 Å². The Morgan fingerprint density at radius 1 is 0.462 bits per heavy atom. The van der Waals surface area contributed by atoms with Gasteiger partial charge in [0.05, 0.1) is 11.0 Å². The molecule has 0 bridgehead atoms. The molecule has 52 heavy (non-hydrogen) atoms. The van der Waals surface area contributed by atoms with Gasteiger partial charge < -0.3 is 4.57 Å². The molecule has 0 saturated carbocycles. The molecule has 0 saturated heterocycles. The van der Waals surface area contributed by atoms with Gasteiger partial charge in [-0.15, -0.1) is 11.3 Å². The van der Waals surface area contributed by atoms with E-state index in [1.165, 1.54) is 97.7 Å². The third kappa shape index (κ3) is 4.48. The third-order valence-electron chi connectivity index (χ3n) is 11.2. The molecule has 1 atom stereocenters. The fraction of sp³-hybridized carbons (Fsp3) is 0.0400. The zero-order valence-corrected chi connectivity index (χ0v) is 29.3. The van der Waals surface area contributed by atoms with Gasteiger partial charge in [-0.3, -0.25) is 0 Å². The van der Waals surface area contributed by atoms with E-state index in [0.29, 0.717) is 0 Å². The SMILES string of the molecule is c1ccc(-c2cccc(C3Cc4c(cc(-c5ccc6c(c5)c5ccccc5n6-c5ccccc5)c5c4sc4ccccc45)-c4ccccc43)c2)cc1. The first-order valence-corrected chi connectivity index (χ1v) is 18.9. The second-order valence-electron chi connectivity index (χ2n) is 14.0. The van der Waals surface area contributed by atoms with Crippen LogP contribution in [0.5, 0.6) is 0 Å². The van der Waals surface area contributed by atoms with Crippen molar-refractivity contribution in [1.82, 2.24) is 4.57 Å². The highest BCUT2D eigenvalue weighted by Gasteiger charge is 2.30. The normalized spacial score (nSPS) is 13.9. The van der Waals surface area contributed by atoms with Gasteiger partial charge >= 0.3 is 0 Å². The predicted molar refractivity (Wildman–Crippen MR) is 222 cm³/mol. The number of rotatable bonds is 4. The van der Waals surface area contributed by atoms with Crippen LogP contribution >= 0.6 is 11.3 Å². The van der Waals surface area contributed by atoms with Crippen LogP contribution in [0, 0.1) is 0 Å². The molecule has 2 heterocycles. The number of thiophene rings is 1. The van der Waals surface area contributed by atoms with Gasteiger partial charge in [0.25, 0.3) is 0 Å². The Morgan fingerprint density at radius 2 is 1.17 bits per heavy atom. The summed E-state index contributed by atoms with van der Waals surface area (Å²) in [6, 6.07) is 67.3. The van der Waals surface area contributed by atoms with E-state index in [0.717, 1.165) is 6.42 Å². The summed E-state index contributed by atoms with van der Waals surface area (Å²) < 4.78 is 5.16. The van der Waals surface area contributed by atoms with E-state index in [2.05, 4.69) is 187 Å². The number of aromatic nitrogens is 1. The average Bonchev–Trinajstić information content (AvgIpc) is 3.77. The molecule has 2 aromatic heterocycles. The fourth-order valence-electron chi connectivity index (χ4n) is 8.84. The lowest BCUT2D eigenvalue weighted by molar-refractivity contribution is 0.800. The monoisotopic (exact) mass is 679 g/mol. The Morgan fingerprint density at radius 3 is 2.06 bits per heavy atom. The van der Waals surface area contributed by atoms with Crippen LogP contribution in [0.3, 0.4) is 0 Å². The van der Waals surface area contributed by atoms with Crippen LogP contribution in [-0.4, -0.2) is 4.57 Å². The zero-order chi connectivity index (χ0) is 34.2. The summed E-state index contributed by atoms with van der Waals surface area (Å²) in [7, 11) is 0. The highest BCUT2D eigenvalue weighted by molar-refractivity contribution is 7.26. The van der Waals surface area contributed by atoms with Crippen LogP contribution in [-0.2, 0) is 6.42 Å². The molecular formula is C50H33NS. The van der Waals surface area contributed by atoms with Gasteiger partial charge in [0, 0.05) is 42.6 Å². The summed E-state index contributed by atoms with van der Waals surface area (Å²) in [5.41, 5.74) is 15.7. The van der Waals surface area contributed by atoms with E-state index in [1.54, 1.807) is 0 Å². The Kier molecular flexibility index (Phi) is 6.62. The molecule has 1 aliphatic carbocycles. The molecule has 0 fully saturated rings. The number of fused-ring (bicyclic) bond motifs is 10. The van der Waals surface area contributed by atoms with Crippen LogP contribution < -0.4 is 0 Å². The van der Waals surface area contributed by atoms with Gasteiger partial charge in [0.15, 0.2) is 0 Å². The van der Waals surface area contributed by atoms with Gasteiger partial charge in [-0.05, 0) is 99.0 Å². The Labute approximate surface area is 306 Å². The summed E-state index contributed by atoms with van der Waals surface area (Å²) >= 11 is 1.96. The minimum absolute atomic E-state index is 0.270. The average molecular weight is 680 g/mol.